The summed E-state index contributed by atoms with van der Waals surface area (Å²) in [6, 6.07) is 7.61. The highest BCUT2D eigenvalue weighted by Crippen LogP contribution is 2.35. The first-order chi connectivity index (χ1) is 13.7. The SMILES string of the molecule is CCOc1cccc2sc(N(C[C@@H]3CCCO3)C(=O)c3ccn(CC)n3)nc12. The predicted octanol–water partition coefficient (Wildman–Crippen LogP) is 3.74. The fraction of sp³-hybridized carbons (Fsp3) is 0.450. The molecule has 1 fully saturated rings. The molecule has 4 rings (SSSR count). The summed E-state index contributed by atoms with van der Waals surface area (Å²) in [4.78, 5) is 19.7. The summed E-state index contributed by atoms with van der Waals surface area (Å²) >= 11 is 1.49. The summed E-state index contributed by atoms with van der Waals surface area (Å²) in [6.07, 6.45) is 3.81. The maximum absolute atomic E-state index is 13.3. The zero-order chi connectivity index (χ0) is 19.5. The number of amides is 1. The number of anilines is 1. The zero-order valence-electron chi connectivity index (χ0n) is 16.1. The number of carbonyl (C=O) groups excluding carboxylic acids is 1. The number of aryl methyl sites for hydroxylation is 1. The summed E-state index contributed by atoms with van der Waals surface area (Å²) in [6.45, 7) is 6.45. The van der Waals surface area contributed by atoms with Gasteiger partial charge in [0.1, 0.15) is 11.3 Å². The van der Waals surface area contributed by atoms with Crippen molar-refractivity contribution in [3.05, 3.63) is 36.2 Å². The molecular weight excluding hydrogens is 376 g/mol. The molecule has 0 spiro atoms. The van der Waals surface area contributed by atoms with E-state index in [0.717, 1.165) is 42.0 Å². The molecule has 148 valence electrons. The lowest BCUT2D eigenvalue weighted by atomic mass is 10.2. The third kappa shape index (κ3) is 3.74. The Morgan fingerprint density at radius 1 is 1.39 bits per heavy atom. The standard InChI is InChI=1S/C20H24N4O3S/c1-3-23-11-10-15(22-23)19(25)24(13-14-7-6-12-27-14)20-21-18-16(26-4-2)8-5-9-17(18)28-20/h5,8-11,14H,3-4,6-7,12-13H2,1-2H3/t14-/m0/s1. The maximum atomic E-state index is 13.3. The van der Waals surface area contributed by atoms with Crippen LogP contribution in [0.4, 0.5) is 5.13 Å². The fourth-order valence-electron chi connectivity index (χ4n) is 3.33. The number of fused-ring (bicyclic) bond motifs is 1. The van der Waals surface area contributed by atoms with Crippen molar-refractivity contribution in [1.82, 2.24) is 14.8 Å². The van der Waals surface area contributed by atoms with E-state index >= 15 is 0 Å². The number of benzene rings is 1. The van der Waals surface area contributed by atoms with Crippen molar-refractivity contribution < 1.29 is 14.3 Å². The van der Waals surface area contributed by atoms with Crippen LogP contribution in [0.25, 0.3) is 10.2 Å². The van der Waals surface area contributed by atoms with E-state index < -0.39 is 0 Å². The number of hydrogen-bond donors (Lipinski definition) is 0. The number of carbonyl (C=O) groups is 1. The molecule has 1 atom stereocenters. The Labute approximate surface area is 167 Å². The molecule has 1 aliphatic heterocycles. The molecule has 28 heavy (non-hydrogen) atoms. The van der Waals surface area contributed by atoms with Gasteiger partial charge in [-0.3, -0.25) is 14.4 Å². The Kier molecular flexibility index (Phi) is 5.59. The third-order valence-corrected chi connectivity index (χ3v) is 5.78. The molecule has 1 aliphatic rings. The van der Waals surface area contributed by atoms with Gasteiger partial charge in [0.25, 0.3) is 5.91 Å². The van der Waals surface area contributed by atoms with Crippen LogP contribution in [0.5, 0.6) is 5.75 Å². The molecule has 0 saturated carbocycles. The number of thiazole rings is 1. The topological polar surface area (TPSA) is 69.5 Å². The zero-order valence-corrected chi connectivity index (χ0v) is 16.9. The number of nitrogens with zero attached hydrogens (tertiary/aromatic N) is 4. The summed E-state index contributed by atoms with van der Waals surface area (Å²) < 4.78 is 14.2. The molecule has 7 nitrogen and oxygen atoms in total. The average Bonchev–Trinajstić information content (AvgIpc) is 3.46. The fourth-order valence-corrected chi connectivity index (χ4v) is 4.32. The third-order valence-electron chi connectivity index (χ3n) is 4.74. The highest BCUT2D eigenvalue weighted by Gasteiger charge is 2.28. The monoisotopic (exact) mass is 400 g/mol. The van der Waals surface area contributed by atoms with E-state index in [9.17, 15) is 4.79 Å². The minimum Gasteiger partial charge on any atom is -0.492 e. The highest BCUT2D eigenvalue weighted by molar-refractivity contribution is 7.22. The predicted molar refractivity (Wildman–Crippen MR) is 109 cm³/mol. The number of aromatic nitrogens is 3. The van der Waals surface area contributed by atoms with Gasteiger partial charge in [-0.15, -0.1) is 0 Å². The summed E-state index contributed by atoms with van der Waals surface area (Å²) in [7, 11) is 0. The molecule has 0 unspecified atom stereocenters. The minimum atomic E-state index is -0.153. The van der Waals surface area contributed by atoms with Crippen molar-refractivity contribution in [2.45, 2.75) is 39.3 Å². The van der Waals surface area contributed by atoms with Crippen molar-refractivity contribution in [2.75, 3.05) is 24.7 Å². The van der Waals surface area contributed by atoms with Gasteiger partial charge in [0.15, 0.2) is 10.8 Å². The second-order valence-corrected chi connectivity index (χ2v) is 7.65. The Morgan fingerprint density at radius 2 is 2.29 bits per heavy atom. The molecule has 8 heteroatoms. The molecule has 1 amide bonds. The molecule has 0 N–H and O–H groups in total. The molecule has 1 aromatic carbocycles. The second-order valence-electron chi connectivity index (χ2n) is 6.64. The van der Waals surface area contributed by atoms with E-state index in [4.69, 9.17) is 14.5 Å². The first-order valence-electron chi connectivity index (χ1n) is 9.68. The largest absolute Gasteiger partial charge is 0.492 e. The Hall–Kier alpha value is -2.45. The first-order valence-corrected chi connectivity index (χ1v) is 10.5. The van der Waals surface area contributed by atoms with Gasteiger partial charge in [-0.25, -0.2) is 4.98 Å². The van der Waals surface area contributed by atoms with Crippen LogP contribution in [0.1, 0.15) is 37.2 Å². The lowest BCUT2D eigenvalue weighted by Crippen LogP contribution is -2.37. The van der Waals surface area contributed by atoms with Gasteiger partial charge >= 0.3 is 0 Å². The Balaban J connectivity index is 1.70. The van der Waals surface area contributed by atoms with Crippen molar-refractivity contribution in [3.8, 4) is 5.75 Å². The van der Waals surface area contributed by atoms with E-state index in [1.165, 1.54) is 11.3 Å². The number of rotatable bonds is 7. The summed E-state index contributed by atoms with van der Waals surface area (Å²) in [5, 5.41) is 5.03. The quantitative estimate of drug-likeness (QED) is 0.604. The van der Waals surface area contributed by atoms with E-state index in [0.29, 0.717) is 24.0 Å². The van der Waals surface area contributed by atoms with Crippen LogP contribution in [-0.2, 0) is 11.3 Å². The molecule has 2 aromatic heterocycles. The molecule has 3 aromatic rings. The Bertz CT molecular complexity index is 961. The summed E-state index contributed by atoms with van der Waals surface area (Å²) in [5.41, 5.74) is 1.21. The molecular formula is C20H24N4O3S. The van der Waals surface area contributed by atoms with Crippen LogP contribution in [0.15, 0.2) is 30.5 Å². The van der Waals surface area contributed by atoms with Crippen LogP contribution >= 0.6 is 11.3 Å². The minimum absolute atomic E-state index is 0.0237. The van der Waals surface area contributed by atoms with Gasteiger partial charge in [0.05, 0.1) is 24.0 Å². The van der Waals surface area contributed by atoms with E-state index in [2.05, 4.69) is 5.10 Å². The van der Waals surface area contributed by atoms with Crippen LogP contribution in [0.3, 0.4) is 0 Å². The lowest BCUT2D eigenvalue weighted by molar-refractivity contribution is 0.0912. The van der Waals surface area contributed by atoms with Crippen LogP contribution < -0.4 is 9.64 Å². The second kappa shape index (κ2) is 8.28. The number of ether oxygens (including phenoxy) is 2. The average molecular weight is 401 g/mol. The van der Waals surface area contributed by atoms with E-state index in [-0.39, 0.29) is 12.0 Å². The van der Waals surface area contributed by atoms with Gasteiger partial charge < -0.3 is 9.47 Å². The molecule has 1 saturated heterocycles. The normalized spacial score (nSPS) is 16.6. The number of hydrogen-bond acceptors (Lipinski definition) is 6. The van der Waals surface area contributed by atoms with Gasteiger partial charge in [0.2, 0.25) is 0 Å². The lowest BCUT2D eigenvalue weighted by Gasteiger charge is -2.22. The Morgan fingerprint density at radius 3 is 3.00 bits per heavy atom. The van der Waals surface area contributed by atoms with Crippen LogP contribution in [0.2, 0.25) is 0 Å². The van der Waals surface area contributed by atoms with Crippen LogP contribution in [-0.4, -0.2) is 46.5 Å². The van der Waals surface area contributed by atoms with Crippen LogP contribution in [0, 0.1) is 0 Å². The van der Waals surface area contributed by atoms with E-state index in [1.54, 1.807) is 15.6 Å². The highest BCUT2D eigenvalue weighted by atomic mass is 32.1. The van der Waals surface area contributed by atoms with E-state index in [1.807, 2.05) is 38.2 Å². The maximum Gasteiger partial charge on any atom is 0.280 e. The van der Waals surface area contributed by atoms with Crippen molar-refractivity contribution in [3.63, 3.8) is 0 Å². The van der Waals surface area contributed by atoms with Crippen molar-refractivity contribution >= 4 is 32.6 Å². The molecule has 3 heterocycles. The van der Waals surface area contributed by atoms with Crippen molar-refractivity contribution in [2.24, 2.45) is 0 Å². The van der Waals surface area contributed by atoms with Crippen molar-refractivity contribution in [1.29, 1.82) is 0 Å². The van der Waals surface area contributed by atoms with Gasteiger partial charge in [0, 0.05) is 19.3 Å². The van der Waals surface area contributed by atoms with Gasteiger partial charge in [-0.2, -0.15) is 5.10 Å². The molecule has 0 bridgehead atoms. The molecule has 0 radical (unpaired) electrons. The summed E-state index contributed by atoms with van der Waals surface area (Å²) in [5.74, 6) is 0.585. The van der Waals surface area contributed by atoms with Gasteiger partial charge in [-0.1, -0.05) is 17.4 Å². The van der Waals surface area contributed by atoms with Gasteiger partial charge in [-0.05, 0) is 44.9 Å². The smallest absolute Gasteiger partial charge is 0.280 e. The number of para-hydroxylation sites is 1. The first kappa shape index (κ1) is 18.9. The molecule has 0 aliphatic carbocycles.